The second-order valence-electron chi connectivity index (χ2n) is 2.22. The van der Waals surface area contributed by atoms with Gasteiger partial charge in [0.05, 0.1) is 11.3 Å². The van der Waals surface area contributed by atoms with E-state index < -0.39 is 10.3 Å². The van der Waals surface area contributed by atoms with Crippen molar-refractivity contribution < 1.29 is 17.8 Å². The lowest BCUT2D eigenvalue weighted by Crippen LogP contribution is -2.11. The summed E-state index contributed by atoms with van der Waals surface area (Å²) in [5.74, 6) is 0. The van der Waals surface area contributed by atoms with Gasteiger partial charge in [-0.15, -0.1) is 0 Å². The van der Waals surface area contributed by atoms with Crippen molar-refractivity contribution in [3.8, 4) is 0 Å². The largest absolute Gasteiger partial charge is 0.357 e. The number of benzene rings is 1. The van der Waals surface area contributed by atoms with Crippen LogP contribution in [0.25, 0.3) is 0 Å². The molecule has 0 aliphatic heterocycles. The van der Waals surface area contributed by atoms with Crippen LogP contribution < -0.4 is 4.72 Å². The van der Waals surface area contributed by atoms with Crippen LogP contribution in [0.3, 0.4) is 0 Å². The Morgan fingerprint density at radius 2 is 1.92 bits per heavy atom. The zero-order chi connectivity index (χ0) is 9.90. The van der Waals surface area contributed by atoms with E-state index in [1.807, 2.05) is 0 Å². The van der Waals surface area contributed by atoms with Gasteiger partial charge in [0.1, 0.15) is 0 Å². The summed E-state index contributed by atoms with van der Waals surface area (Å²) in [6.07, 6.45) is 1.53. The zero-order valence-electron chi connectivity index (χ0n) is 6.39. The average molecular weight is 200 g/mol. The molecule has 1 radical (unpaired) electrons. The van der Waals surface area contributed by atoms with Gasteiger partial charge in [-0.25, -0.2) is 0 Å². The summed E-state index contributed by atoms with van der Waals surface area (Å²) < 4.78 is 31.0. The minimum Gasteiger partial charge on any atom is -0.285 e. The first kappa shape index (κ1) is 9.69. The molecule has 0 atom stereocenters. The molecule has 0 unspecified atom stereocenters. The molecule has 0 spiro atoms. The predicted octanol–water partition coefficient (Wildman–Crippen LogP) is 0.359. The standard InChI is InChI=1S/C7H6NO4S/c9-5-6-3-1-2-4-7(6)8-13(10,11)12/h1-4,8H,(H,10,11,12). The number of nitrogens with one attached hydrogen (secondary N) is 1. The maximum Gasteiger partial charge on any atom is 0.357 e. The third-order valence-corrected chi connectivity index (χ3v) is 1.75. The van der Waals surface area contributed by atoms with Crippen LogP contribution in [0.5, 0.6) is 0 Å². The molecule has 1 aromatic carbocycles. The highest BCUT2D eigenvalue weighted by Crippen LogP contribution is 2.13. The smallest absolute Gasteiger partial charge is 0.285 e. The highest BCUT2D eigenvalue weighted by molar-refractivity contribution is 7.87. The lowest BCUT2D eigenvalue weighted by atomic mass is 10.2. The van der Waals surface area contributed by atoms with Gasteiger partial charge in [-0.05, 0) is 12.1 Å². The van der Waals surface area contributed by atoms with E-state index in [1.54, 1.807) is 10.8 Å². The van der Waals surface area contributed by atoms with Crippen molar-refractivity contribution in [2.75, 3.05) is 4.72 Å². The molecule has 69 valence electrons. The molecule has 13 heavy (non-hydrogen) atoms. The van der Waals surface area contributed by atoms with E-state index >= 15 is 0 Å². The van der Waals surface area contributed by atoms with Crippen molar-refractivity contribution in [2.45, 2.75) is 0 Å². The SMILES string of the molecule is O=[C]c1ccccc1NS(=O)(=O)O. The first-order valence-corrected chi connectivity index (χ1v) is 4.69. The van der Waals surface area contributed by atoms with Crippen molar-refractivity contribution >= 4 is 22.3 Å². The van der Waals surface area contributed by atoms with Crippen molar-refractivity contribution in [1.29, 1.82) is 0 Å². The van der Waals surface area contributed by atoms with Gasteiger partial charge in [0.15, 0.2) is 0 Å². The van der Waals surface area contributed by atoms with Gasteiger partial charge in [-0.3, -0.25) is 14.1 Å². The van der Waals surface area contributed by atoms with Crippen LogP contribution in [0, 0.1) is 0 Å². The van der Waals surface area contributed by atoms with E-state index in [-0.39, 0.29) is 11.3 Å². The Morgan fingerprint density at radius 1 is 1.31 bits per heavy atom. The normalized spacial score (nSPS) is 10.8. The number of carbonyl (C=O) groups excluding carboxylic acids is 1. The van der Waals surface area contributed by atoms with Crippen molar-refractivity contribution in [1.82, 2.24) is 0 Å². The summed E-state index contributed by atoms with van der Waals surface area (Å²) in [5, 5.41) is 0. The molecule has 0 saturated carbocycles. The fraction of sp³-hybridized carbons (Fsp3) is 0. The summed E-state index contributed by atoms with van der Waals surface area (Å²) in [4.78, 5) is 10.3. The molecule has 0 saturated heterocycles. The average Bonchev–Trinajstić information content (AvgIpc) is 2.02. The number of para-hydroxylation sites is 1. The number of hydrogen-bond acceptors (Lipinski definition) is 3. The maximum atomic E-state index is 10.4. The van der Waals surface area contributed by atoms with Gasteiger partial charge in [0.25, 0.3) is 0 Å². The van der Waals surface area contributed by atoms with E-state index in [4.69, 9.17) is 4.55 Å². The van der Waals surface area contributed by atoms with Crippen LogP contribution in [-0.2, 0) is 15.1 Å². The van der Waals surface area contributed by atoms with Crippen molar-refractivity contribution in [3.05, 3.63) is 29.8 Å². The summed E-state index contributed by atoms with van der Waals surface area (Å²) in [6, 6.07) is 5.79. The second-order valence-corrected chi connectivity index (χ2v) is 3.38. The molecule has 1 rings (SSSR count). The number of rotatable bonds is 3. The first-order valence-electron chi connectivity index (χ1n) is 3.25. The van der Waals surface area contributed by atoms with E-state index in [9.17, 15) is 13.2 Å². The Kier molecular flexibility index (Phi) is 2.64. The van der Waals surface area contributed by atoms with Gasteiger partial charge in [0.2, 0.25) is 6.29 Å². The van der Waals surface area contributed by atoms with E-state index in [2.05, 4.69) is 0 Å². The van der Waals surface area contributed by atoms with Gasteiger partial charge in [-0.1, -0.05) is 12.1 Å². The van der Waals surface area contributed by atoms with Crippen LogP contribution in [-0.4, -0.2) is 19.3 Å². The molecule has 0 aromatic heterocycles. The molecule has 6 heteroatoms. The van der Waals surface area contributed by atoms with Gasteiger partial charge in [0, 0.05) is 0 Å². The van der Waals surface area contributed by atoms with Gasteiger partial charge < -0.3 is 0 Å². The lowest BCUT2D eigenvalue weighted by Gasteiger charge is -2.03. The molecule has 5 nitrogen and oxygen atoms in total. The van der Waals surface area contributed by atoms with Gasteiger partial charge in [-0.2, -0.15) is 8.42 Å². The predicted molar refractivity (Wildman–Crippen MR) is 46.4 cm³/mol. The first-order chi connectivity index (χ1) is 6.03. The van der Waals surface area contributed by atoms with Crippen LogP contribution in [0.4, 0.5) is 5.69 Å². The number of hydrogen-bond donors (Lipinski definition) is 2. The summed E-state index contributed by atoms with van der Waals surface area (Å²) in [6.45, 7) is 0. The quantitative estimate of drug-likeness (QED) is 0.690. The molecule has 1 aromatic rings. The van der Waals surface area contributed by atoms with Crippen LogP contribution in [0.2, 0.25) is 0 Å². The van der Waals surface area contributed by atoms with Crippen molar-refractivity contribution in [2.24, 2.45) is 0 Å². The topological polar surface area (TPSA) is 83.5 Å². The Morgan fingerprint density at radius 3 is 2.46 bits per heavy atom. The van der Waals surface area contributed by atoms with Crippen molar-refractivity contribution in [3.63, 3.8) is 0 Å². The molecule has 0 aliphatic carbocycles. The highest BCUT2D eigenvalue weighted by atomic mass is 32.2. The Balaban J connectivity index is 3.08. The second kappa shape index (κ2) is 3.55. The molecule has 0 heterocycles. The Hall–Kier alpha value is -1.40. The van der Waals surface area contributed by atoms with Gasteiger partial charge >= 0.3 is 10.3 Å². The monoisotopic (exact) mass is 200 g/mol. The summed E-state index contributed by atoms with van der Waals surface area (Å²) in [5.41, 5.74) is 0.0418. The van der Waals surface area contributed by atoms with E-state index in [0.717, 1.165) is 0 Å². The number of anilines is 1. The summed E-state index contributed by atoms with van der Waals surface area (Å²) >= 11 is 0. The van der Waals surface area contributed by atoms with Crippen LogP contribution in [0.1, 0.15) is 5.56 Å². The molecule has 0 aliphatic rings. The maximum absolute atomic E-state index is 10.4. The fourth-order valence-corrected chi connectivity index (χ4v) is 1.26. The Labute approximate surface area is 75.3 Å². The van der Waals surface area contributed by atoms with Crippen LogP contribution >= 0.6 is 0 Å². The molecule has 0 fully saturated rings. The molecular weight excluding hydrogens is 194 g/mol. The lowest BCUT2D eigenvalue weighted by molar-refractivity contribution is 0.489. The molecule has 2 N–H and O–H groups in total. The molecule has 0 bridgehead atoms. The van der Waals surface area contributed by atoms with E-state index in [0.29, 0.717) is 0 Å². The van der Waals surface area contributed by atoms with E-state index in [1.165, 1.54) is 24.5 Å². The third-order valence-electron chi connectivity index (χ3n) is 1.28. The highest BCUT2D eigenvalue weighted by Gasteiger charge is 2.07. The summed E-state index contributed by atoms with van der Waals surface area (Å²) in [7, 11) is -4.34. The molecular formula is C7H6NO4S. The minimum atomic E-state index is -4.34. The third kappa shape index (κ3) is 2.85. The van der Waals surface area contributed by atoms with Crippen LogP contribution in [0.15, 0.2) is 24.3 Å². The zero-order valence-corrected chi connectivity index (χ0v) is 7.21. The minimum absolute atomic E-state index is 0.000000000000000444. The Bertz CT molecular complexity index is 412. The fourth-order valence-electron chi connectivity index (χ4n) is 0.800. The molecule has 0 amide bonds.